The Labute approximate surface area is 176 Å². The molecule has 0 aliphatic heterocycles. The Bertz CT molecular complexity index is 265. The van der Waals surface area contributed by atoms with Gasteiger partial charge in [0, 0.05) is 0 Å². The summed E-state index contributed by atoms with van der Waals surface area (Å²) in [6.07, 6.45) is 31.8. The first-order valence-electron chi connectivity index (χ1n) is 13.0. The van der Waals surface area contributed by atoms with Gasteiger partial charge in [0.05, 0.1) is 0 Å². The van der Waals surface area contributed by atoms with Gasteiger partial charge in [0.1, 0.15) is 0 Å². The van der Waals surface area contributed by atoms with E-state index in [1.165, 1.54) is 141 Å². The molecule has 27 heavy (non-hydrogen) atoms. The standard InChI is InChI=1S/C26H55P/c1-4-7-10-11-12-13-14-15-16-17-18-19-20-21-22-25-26(27,23-8-5-2)24-9-6-3/h4-25,27H2,1-3H3. The lowest BCUT2D eigenvalue weighted by Gasteiger charge is -2.29. The van der Waals surface area contributed by atoms with Crippen molar-refractivity contribution in [2.75, 3.05) is 0 Å². The molecule has 0 aromatic carbocycles. The molecule has 0 saturated heterocycles. The maximum atomic E-state index is 3.26. The Morgan fingerprint density at radius 3 is 0.963 bits per heavy atom. The topological polar surface area (TPSA) is 0 Å². The average molecular weight is 399 g/mol. The van der Waals surface area contributed by atoms with Gasteiger partial charge in [-0.2, -0.15) is 0 Å². The highest BCUT2D eigenvalue weighted by molar-refractivity contribution is 7.19. The number of hydrogen-bond donors (Lipinski definition) is 0. The van der Waals surface area contributed by atoms with E-state index in [2.05, 4.69) is 30.0 Å². The lowest BCUT2D eigenvalue weighted by molar-refractivity contribution is 0.415. The second kappa shape index (κ2) is 21.1. The SMILES string of the molecule is CCCCCCCCCCCCCCCCCC(P)(CCCC)CCCC. The fraction of sp³-hybridized carbons (Fsp3) is 1.00. The van der Waals surface area contributed by atoms with E-state index < -0.39 is 0 Å². The Morgan fingerprint density at radius 2 is 0.630 bits per heavy atom. The van der Waals surface area contributed by atoms with E-state index >= 15 is 0 Å². The van der Waals surface area contributed by atoms with Gasteiger partial charge in [0.2, 0.25) is 0 Å². The Hall–Kier alpha value is 0.430. The Morgan fingerprint density at radius 1 is 0.370 bits per heavy atom. The molecule has 0 radical (unpaired) electrons. The average Bonchev–Trinajstić information content (AvgIpc) is 2.68. The van der Waals surface area contributed by atoms with Gasteiger partial charge in [0.15, 0.2) is 0 Å². The molecule has 0 aliphatic carbocycles. The van der Waals surface area contributed by atoms with Crippen LogP contribution in [0, 0.1) is 0 Å². The lowest BCUT2D eigenvalue weighted by Crippen LogP contribution is -2.20. The first-order chi connectivity index (χ1) is 13.2. The van der Waals surface area contributed by atoms with Crippen molar-refractivity contribution in [2.24, 2.45) is 0 Å². The highest BCUT2D eigenvalue weighted by Gasteiger charge is 2.22. The first kappa shape index (κ1) is 27.4. The molecule has 1 atom stereocenters. The molecular formula is C26H55P. The summed E-state index contributed by atoms with van der Waals surface area (Å²) in [4.78, 5) is 0. The van der Waals surface area contributed by atoms with E-state index in [9.17, 15) is 0 Å². The molecule has 0 aromatic rings. The Balaban J connectivity index is 3.41. The molecule has 0 spiro atoms. The van der Waals surface area contributed by atoms with Crippen molar-refractivity contribution in [2.45, 2.75) is 167 Å². The number of hydrogen-bond acceptors (Lipinski definition) is 0. The molecule has 1 unspecified atom stereocenters. The fourth-order valence-electron chi connectivity index (χ4n) is 4.28. The minimum absolute atomic E-state index is 0.558. The monoisotopic (exact) mass is 398 g/mol. The van der Waals surface area contributed by atoms with E-state index in [-0.39, 0.29) is 0 Å². The molecule has 0 saturated carbocycles. The van der Waals surface area contributed by atoms with E-state index in [1.54, 1.807) is 0 Å². The van der Waals surface area contributed by atoms with Crippen LogP contribution in [0.25, 0.3) is 0 Å². The minimum Gasteiger partial charge on any atom is -0.131 e. The first-order valence-corrected chi connectivity index (χ1v) is 13.5. The zero-order valence-corrected chi connectivity index (χ0v) is 20.8. The number of rotatable bonds is 22. The molecule has 164 valence electrons. The van der Waals surface area contributed by atoms with Gasteiger partial charge in [0.25, 0.3) is 0 Å². The zero-order chi connectivity index (χ0) is 20.1. The van der Waals surface area contributed by atoms with Gasteiger partial charge in [-0.1, -0.05) is 143 Å². The van der Waals surface area contributed by atoms with Gasteiger partial charge >= 0.3 is 0 Å². The van der Waals surface area contributed by atoms with Crippen molar-refractivity contribution in [3.05, 3.63) is 0 Å². The summed E-state index contributed by atoms with van der Waals surface area (Å²) in [5.74, 6) is 0. The van der Waals surface area contributed by atoms with Crippen LogP contribution in [0.15, 0.2) is 0 Å². The van der Waals surface area contributed by atoms with Gasteiger partial charge in [-0.15, -0.1) is 9.24 Å². The van der Waals surface area contributed by atoms with Crippen molar-refractivity contribution in [1.82, 2.24) is 0 Å². The number of unbranched alkanes of at least 4 members (excludes halogenated alkanes) is 16. The van der Waals surface area contributed by atoms with Gasteiger partial charge < -0.3 is 0 Å². The van der Waals surface area contributed by atoms with Crippen molar-refractivity contribution in [3.8, 4) is 0 Å². The van der Waals surface area contributed by atoms with E-state index in [0.717, 1.165) is 0 Å². The fourth-order valence-corrected chi connectivity index (χ4v) is 4.89. The minimum atomic E-state index is 0.558. The molecule has 0 heterocycles. The molecule has 0 fully saturated rings. The van der Waals surface area contributed by atoms with Crippen molar-refractivity contribution in [1.29, 1.82) is 0 Å². The maximum Gasteiger partial charge on any atom is -0.0150 e. The van der Waals surface area contributed by atoms with E-state index in [4.69, 9.17) is 0 Å². The molecule has 0 rings (SSSR count). The molecule has 0 bridgehead atoms. The Kier molecular flexibility index (Phi) is 21.5. The summed E-state index contributed by atoms with van der Waals surface area (Å²) < 4.78 is 0. The zero-order valence-electron chi connectivity index (χ0n) is 19.6. The third-order valence-electron chi connectivity index (χ3n) is 6.33. The summed E-state index contributed by atoms with van der Waals surface area (Å²) in [5.41, 5.74) is 0. The quantitative estimate of drug-likeness (QED) is 0.126. The largest absolute Gasteiger partial charge is 0.131 e. The van der Waals surface area contributed by atoms with Crippen LogP contribution in [-0.4, -0.2) is 5.16 Å². The third kappa shape index (κ3) is 19.5. The highest BCUT2D eigenvalue weighted by Crippen LogP contribution is 2.36. The maximum absolute atomic E-state index is 3.26. The smallest absolute Gasteiger partial charge is 0.0150 e. The van der Waals surface area contributed by atoms with Crippen LogP contribution in [0.3, 0.4) is 0 Å². The molecular weight excluding hydrogens is 343 g/mol. The summed E-state index contributed by atoms with van der Waals surface area (Å²) in [6.45, 7) is 6.97. The van der Waals surface area contributed by atoms with Crippen LogP contribution in [-0.2, 0) is 0 Å². The summed E-state index contributed by atoms with van der Waals surface area (Å²) in [5, 5.41) is 0.558. The van der Waals surface area contributed by atoms with Crippen molar-refractivity contribution in [3.63, 3.8) is 0 Å². The summed E-state index contributed by atoms with van der Waals surface area (Å²) in [7, 11) is 3.26. The summed E-state index contributed by atoms with van der Waals surface area (Å²) in [6, 6.07) is 0. The van der Waals surface area contributed by atoms with Crippen LogP contribution < -0.4 is 0 Å². The highest BCUT2D eigenvalue weighted by atomic mass is 31.0. The van der Waals surface area contributed by atoms with Crippen LogP contribution >= 0.6 is 9.24 Å². The second-order valence-corrected chi connectivity index (χ2v) is 10.5. The van der Waals surface area contributed by atoms with Crippen LogP contribution in [0.2, 0.25) is 0 Å². The van der Waals surface area contributed by atoms with Gasteiger partial charge in [-0.25, -0.2) is 0 Å². The van der Waals surface area contributed by atoms with Crippen molar-refractivity contribution < 1.29 is 0 Å². The van der Waals surface area contributed by atoms with Crippen molar-refractivity contribution >= 4 is 9.24 Å². The predicted octanol–water partition coefficient (Wildman–Crippen LogP) is 10.2. The van der Waals surface area contributed by atoms with Crippen LogP contribution in [0.4, 0.5) is 0 Å². The molecule has 0 N–H and O–H groups in total. The van der Waals surface area contributed by atoms with Crippen LogP contribution in [0.5, 0.6) is 0 Å². The van der Waals surface area contributed by atoms with E-state index in [0.29, 0.717) is 5.16 Å². The predicted molar refractivity (Wildman–Crippen MR) is 131 cm³/mol. The molecule has 0 amide bonds. The van der Waals surface area contributed by atoms with Gasteiger partial charge in [-0.3, -0.25) is 0 Å². The molecule has 0 nitrogen and oxygen atoms in total. The lowest BCUT2D eigenvalue weighted by atomic mass is 9.89. The molecule has 0 aliphatic rings. The third-order valence-corrected chi connectivity index (χ3v) is 7.20. The normalized spacial score (nSPS) is 12.0. The van der Waals surface area contributed by atoms with E-state index in [1.807, 2.05) is 0 Å². The molecule has 1 heteroatoms. The second-order valence-electron chi connectivity index (χ2n) is 9.27. The molecule has 0 aromatic heterocycles. The summed E-state index contributed by atoms with van der Waals surface area (Å²) >= 11 is 0. The van der Waals surface area contributed by atoms with Crippen LogP contribution in [0.1, 0.15) is 162 Å². The van der Waals surface area contributed by atoms with Gasteiger partial charge in [-0.05, 0) is 24.4 Å².